The number of hydrogen-bond donors (Lipinski definition) is 1. The lowest BCUT2D eigenvalue weighted by Crippen LogP contribution is -2.12. The maximum Gasteiger partial charge on any atom is 0.256 e. The van der Waals surface area contributed by atoms with Gasteiger partial charge in [-0.25, -0.2) is 0 Å². The molecule has 0 saturated heterocycles. The summed E-state index contributed by atoms with van der Waals surface area (Å²) in [5.74, 6) is 0.396. The van der Waals surface area contributed by atoms with Crippen LogP contribution in [0.1, 0.15) is 21.5 Å². The number of amides is 1. The van der Waals surface area contributed by atoms with Crippen molar-refractivity contribution >= 4 is 33.7 Å². The zero-order valence-corrected chi connectivity index (χ0v) is 12.4. The molecule has 1 aromatic carbocycles. The summed E-state index contributed by atoms with van der Waals surface area (Å²) >= 11 is 1.49. The molecule has 2 aromatic rings. The zero-order chi connectivity index (χ0) is 13.8. The van der Waals surface area contributed by atoms with Crippen molar-refractivity contribution in [1.82, 2.24) is 0 Å². The maximum absolute atomic E-state index is 12.0. The molecule has 100 valence electrons. The quantitative estimate of drug-likeness (QED) is 0.941. The first kappa shape index (κ1) is 14.0. The van der Waals surface area contributed by atoms with E-state index in [0.29, 0.717) is 11.3 Å². The number of nitrogens with one attached hydrogen (secondary N) is 1. The highest BCUT2D eigenvalue weighted by Gasteiger charge is 2.10. The molecule has 5 heteroatoms. The van der Waals surface area contributed by atoms with Crippen LogP contribution in [-0.2, 0) is 16.6 Å². The highest BCUT2D eigenvalue weighted by atomic mass is 32.2. The first-order chi connectivity index (χ1) is 9.08. The SMILES string of the molecule is Cc1c(CS(C)=O)cccc1NC(=O)c1ccsc1. The molecule has 3 nitrogen and oxygen atoms in total. The molecule has 0 aliphatic rings. The van der Waals surface area contributed by atoms with Crippen molar-refractivity contribution in [3.8, 4) is 0 Å². The van der Waals surface area contributed by atoms with Crippen LogP contribution < -0.4 is 5.32 Å². The first-order valence-corrected chi connectivity index (χ1v) is 8.47. The van der Waals surface area contributed by atoms with Gasteiger partial charge < -0.3 is 5.32 Å². The summed E-state index contributed by atoms with van der Waals surface area (Å²) in [4.78, 5) is 12.0. The van der Waals surface area contributed by atoms with Gasteiger partial charge in [0.2, 0.25) is 0 Å². The number of carbonyl (C=O) groups is 1. The molecular weight excluding hydrogens is 278 g/mol. The topological polar surface area (TPSA) is 46.2 Å². The molecule has 0 radical (unpaired) electrons. The minimum Gasteiger partial charge on any atom is -0.322 e. The predicted octanol–water partition coefficient (Wildman–Crippen LogP) is 3.19. The third-order valence-electron chi connectivity index (χ3n) is 2.84. The molecule has 1 amide bonds. The summed E-state index contributed by atoms with van der Waals surface area (Å²) in [5, 5.41) is 6.58. The summed E-state index contributed by atoms with van der Waals surface area (Å²) in [6.07, 6.45) is 1.68. The molecule has 1 heterocycles. The Morgan fingerprint density at radius 2 is 2.16 bits per heavy atom. The van der Waals surface area contributed by atoms with Crippen molar-refractivity contribution in [2.45, 2.75) is 12.7 Å². The van der Waals surface area contributed by atoms with E-state index in [1.165, 1.54) is 11.3 Å². The van der Waals surface area contributed by atoms with Gasteiger partial charge in [0.1, 0.15) is 0 Å². The Kier molecular flexibility index (Phi) is 4.50. The van der Waals surface area contributed by atoms with Crippen LogP contribution in [0, 0.1) is 6.92 Å². The summed E-state index contributed by atoms with van der Waals surface area (Å²) in [6, 6.07) is 7.47. The van der Waals surface area contributed by atoms with Crippen LogP contribution in [0.4, 0.5) is 5.69 Å². The van der Waals surface area contributed by atoms with Crippen molar-refractivity contribution in [2.75, 3.05) is 11.6 Å². The lowest BCUT2D eigenvalue weighted by atomic mass is 10.1. The Morgan fingerprint density at radius 3 is 2.79 bits per heavy atom. The molecule has 0 fully saturated rings. The van der Waals surface area contributed by atoms with Gasteiger partial charge in [-0.15, -0.1) is 0 Å². The number of anilines is 1. The summed E-state index contributed by atoms with van der Waals surface area (Å²) in [6.45, 7) is 1.94. The number of carbonyl (C=O) groups excluding carboxylic acids is 1. The van der Waals surface area contributed by atoms with Crippen molar-refractivity contribution in [1.29, 1.82) is 0 Å². The summed E-state index contributed by atoms with van der Waals surface area (Å²) < 4.78 is 11.3. The third kappa shape index (κ3) is 3.52. The van der Waals surface area contributed by atoms with E-state index in [-0.39, 0.29) is 5.91 Å². The highest BCUT2D eigenvalue weighted by Crippen LogP contribution is 2.21. The van der Waals surface area contributed by atoms with Gasteiger partial charge in [0.15, 0.2) is 0 Å². The van der Waals surface area contributed by atoms with E-state index in [9.17, 15) is 9.00 Å². The highest BCUT2D eigenvalue weighted by molar-refractivity contribution is 7.83. The summed E-state index contributed by atoms with van der Waals surface area (Å²) in [5.41, 5.74) is 3.42. The Bertz CT molecular complexity index is 606. The largest absolute Gasteiger partial charge is 0.322 e. The Labute approximate surface area is 119 Å². The normalized spacial score (nSPS) is 12.1. The Hall–Kier alpha value is -1.46. The van der Waals surface area contributed by atoms with E-state index in [1.54, 1.807) is 12.3 Å². The van der Waals surface area contributed by atoms with Crippen molar-refractivity contribution in [2.24, 2.45) is 0 Å². The third-order valence-corrected chi connectivity index (χ3v) is 4.24. The fourth-order valence-electron chi connectivity index (χ4n) is 1.78. The minimum atomic E-state index is -0.888. The predicted molar refractivity (Wildman–Crippen MR) is 81.2 cm³/mol. The number of rotatable bonds is 4. The van der Waals surface area contributed by atoms with Gasteiger partial charge in [0, 0.05) is 33.9 Å². The van der Waals surface area contributed by atoms with E-state index in [1.807, 2.05) is 35.9 Å². The number of thiophene rings is 1. The fraction of sp³-hybridized carbons (Fsp3) is 0.214. The average molecular weight is 293 g/mol. The molecular formula is C14H15NO2S2. The molecule has 0 spiro atoms. The van der Waals surface area contributed by atoms with Crippen LogP contribution in [-0.4, -0.2) is 16.4 Å². The molecule has 0 saturated carbocycles. The lowest BCUT2D eigenvalue weighted by Gasteiger charge is -2.11. The van der Waals surface area contributed by atoms with Crippen molar-refractivity contribution in [3.05, 3.63) is 51.7 Å². The molecule has 1 unspecified atom stereocenters. The van der Waals surface area contributed by atoms with Crippen molar-refractivity contribution in [3.63, 3.8) is 0 Å². The van der Waals surface area contributed by atoms with Crippen LogP contribution in [0.2, 0.25) is 0 Å². The maximum atomic E-state index is 12.0. The van der Waals surface area contributed by atoms with Gasteiger partial charge in [-0.3, -0.25) is 9.00 Å². The van der Waals surface area contributed by atoms with Crippen LogP contribution >= 0.6 is 11.3 Å². The Morgan fingerprint density at radius 1 is 1.37 bits per heavy atom. The second kappa shape index (κ2) is 6.12. The molecule has 2 rings (SSSR count). The number of hydrogen-bond acceptors (Lipinski definition) is 3. The van der Waals surface area contributed by atoms with Gasteiger partial charge >= 0.3 is 0 Å². The zero-order valence-electron chi connectivity index (χ0n) is 10.8. The van der Waals surface area contributed by atoms with E-state index in [4.69, 9.17) is 0 Å². The second-order valence-corrected chi connectivity index (χ2v) is 6.49. The van der Waals surface area contributed by atoms with Crippen LogP contribution in [0.5, 0.6) is 0 Å². The van der Waals surface area contributed by atoms with E-state index in [0.717, 1.165) is 16.8 Å². The van der Waals surface area contributed by atoms with Gasteiger partial charge in [-0.2, -0.15) is 11.3 Å². The van der Waals surface area contributed by atoms with E-state index in [2.05, 4.69) is 5.32 Å². The molecule has 1 aromatic heterocycles. The van der Waals surface area contributed by atoms with Crippen LogP contribution in [0.15, 0.2) is 35.0 Å². The second-order valence-electron chi connectivity index (χ2n) is 4.27. The molecule has 1 N–H and O–H groups in total. The monoisotopic (exact) mass is 293 g/mol. The van der Waals surface area contributed by atoms with Crippen molar-refractivity contribution < 1.29 is 9.00 Å². The summed E-state index contributed by atoms with van der Waals surface area (Å²) in [7, 11) is -0.888. The molecule has 0 aliphatic heterocycles. The molecule has 19 heavy (non-hydrogen) atoms. The lowest BCUT2D eigenvalue weighted by molar-refractivity contribution is 0.102. The molecule has 0 aliphatic carbocycles. The molecule has 0 bridgehead atoms. The van der Waals surface area contributed by atoms with E-state index < -0.39 is 10.8 Å². The van der Waals surface area contributed by atoms with Gasteiger partial charge in [0.25, 0.3) is 5.91 Å². The Balaban J connectivity index is 2.21. The van der Waals surface area contributed by atoms with E-state index >= 15 is 0 Å². The van der Waals surface area contributed by atoms with Crippen LogP contribution in [0.25, 0.3) is 0 Å². The standard InChI is InChI=1S/C14H15NO2S2/c1-10-12(9-19(2)17)4-3-5-13(10)15-14(16)11-6-7-18-8-11/h3-8H,9H2,1-2H3,(H,15,16). The smallest absolute Gasteiger partial charge is 0.256 e. The van der Waals surface area contributed by atoms with Gasteiger partial charge in [-0.1, -0.05) is 12.1 Å². The first-order valence-electron chi connectivity index (χ1n) is 5.80. The van der Waals surface area contributed by atoms with Gasteiger partial charge in [0.05, 0.1) is 5.56 Å². The fourth-order valence-corrected chi connectivity index (χ4v) is 3.17. The molecule has 1 atom stereocenters. The average Bonchev–Trinajstić information content (AvgIpc) is 2.87. The van der Waals surface area contributed by atoms with Crippen LogP contribution in [0.3, 0.4) is 0 Å². The minimum absolute atomic E-state index is 0.112. The number of benzene rings is 1. The van der Waals surface area contributed by atoms with Gasteiger partial charge in [-0.05, 0) is 35.6 Å².